The smallest absolute Gasteiger partial charge is 0.343 e. The largest absolute Gasteiger partial charge is 0.406 e. The first-order valence-corrected chi connectivity index (χ1v) is 8.31. The minimum absolute atomic E-state index is 0.0397. The van der Waals surface area contributed by atoms with Gasteiger partial charge in [-0.2, -0.15) is 18.4 Å². The summed E-state index contributed by atoms with van der Waals surface area (Å²) in [6.07, 6.45) is 0.372. The van der Waals surface area contributed by atoms with Crippen molar-refractivity contribution >= 4 is 11.8 Å². The Labute approximate surface area is 138 Å². The van der Waals surface area contributed by atoms with Crippen LogP contribution in [0, 0.1) is 22.2 Å². The third kappa shape index (κ3) is 2.74. The van der Waals surface area contributed by atoms with Crippen molar-refractivity contribution in [1.29, 1.82) is 5.26 Å². The molecule has 5 nitrogen and oxygen atoms in total. The van der Waals surface area contributed by atoms with Gasteiger partial charge in [0.25, 0.3) is 0 Å². The summed E-state index contributed by atoms with van der Waals surface area (Å²) in [7, 11) is 0. The molecule has 1 heterocycles. The highest BCUT2D eigenvalue weighted by atomic mass is 19.4. The Balaban J connectivity index is 1.66. The summed E-state index contributed by atoms with van der Waals surface area (Å²) in [6, 6.07) is 1.16. The van der Waals surface area contributed by atoms with Crippen LogP contribution in [0.3, 0.4) is 0 Å². The Morgan fingerprint density at radius 1 is 1.33 bits per heavy atom. The Hall–Kier alpha value is -1.78. The van der Waals surface area contributed by atoms with Crippen LogP contribution < -0.4 is 5.32 Å². The lowest BCUT2D eigenvalue weighted by Crippen LogP contribution is -2.55. The normalized spacial score (nSPS) is 31.8. The van der Waals surface area contributed by atoms with Crippen molar-refractivity contribution in [2.24, 2.45) is 10.8 Å². The van der Waals surface area contributed by atoms with Gasteiger partial charge in [-0.3, -0.25) is 9.59 Å². The van der Waals surface area contributed by atoms with E-state index in [4.69, 9.17) is 0 Å². The molecule has 2 saturated carbocycles. The number of rotatable bonds is 3. The summed E-state index contributed by atoms with van der Waals surface area (Å²) in [5, 5.41) is 12.1. The molecular formula is C16H20F3N3O2. The van der Waals surface area contributed by atoms with E-state index in [0.29, 0.717) is 19.3 Å². The van der Waals surface area contributed by atoms with E-state index in [9.17, 15) is 28.0 Å². The van der Waals surface area contributed by atoms with Crippen molar-refractivity contribution in [3.63, 3.8) is 0 Å². The standard InChI is InChI=1S/C16H20F3N3O2/c17-16(18,19)10-22-7-3-4-11(12(22)23)21-13(24)15(9-20)8-14(15)5-1-2-6-14/h11H,1-8,10H2,(H,21,24)/t11-,15-/m1/s1. The fourth-order valence-corrected chi connectivity index (χ4v) is 4.38. The zero-order chi connectivity index (χ0) is 17.6. The molecule has 1 spiro atoms. The number of carbonyl (C=O) groups is 2. The van der Waals surface area contributed by atoms with Crippen LogP contribution in [0.15, 0.2) is 0 Å². The van der Waals surface area contributed by atoms with Crippen LogP contribution >= 0.6 is 0 Å². The monoisotopic (exact) mass is 343 g/mol. The van der Waals surface area contributed by atoms with E-state index in [1.807, 2.05) is 0 Å². The summed E-state index contributed by atoms with van der Waals surface area (Å²) < 4.78 is 37.6. The van der Waals surface area contributed by atoms with Gasteiger partial charge in [0.2, 0.25) is 11.8 Å². The van der Waals surface area contributed by atoms with Crippen molar-refractivity contribution in [1.82, 2.24) is 10.2 Å². The fraction of sp³-hybridized carbons (Fsp3) is 0.812. The van der Waals surface area contributed by atoms with E-state index in [1.54, 1.807) is 0 Å². The maximum absolute atomic E-state index is 12.6. The fourth-order valence-electron chi connectivity index (χ4n) is 4.38. The molecule has 8 heteroatoms. The molecule has 0 unspecified atom stereocenters. The number of hydrogen-bond donors (Lipinski definition) is 1. The number of likely N-dealkylation sites (tertiary alicyclic amines) is 1. The van der Waals surface area contributed by atoms with Gasteiger partial charge in [-0.15, -0.1) is 0 Å². The number of nitrogens with zero attached hydrogens (tertiary/aromatic N) is 2. The van der Waals surface area contributed by atoms with Gasteiger partial charge in [-0.25, -0.2) is 0 Å². The Kier molecular flexibility index (Phi) is 4.01. The van der Waals surface area contributed by atoms with E-state index < -0.39 is 36.0 Å². The average Bonchev–Trinajstić information content (AvgIpc) is 2.88. The van der Waals surface area contributed by atoms with Crippen LogP contribution in [0.5, 0.6) is 0 Å². The number of halogens is 3. The van der Waals surface area contributed by atoms with Gasteiger partial charge < -0.3 is 10.2 Å². The first-order valence-electron chi connectivity index (χ1n) is 8.31. The number of nitrogens with one attached hydrogen (secondary N) is 1. The van der Waals surface area contributed by atoms with Crippen molar-refractivity contribution in [2.45, 2.75) is 57.2 Å². The Bertz CT molecular complexity index is 592. The van der Waals surface area contributed by atoms with Gasteiger partial charge in [0, 0.05) is 12.0 Å². The van der Waals surface area contributed by atoms with Crippen LogP contribution in [0.25, 0.3) is 0 Å². The molecule has 0 aromatic carbocycles. The third-order valence-electron chi connectivity index (χ3n) is 5.73. The predicted molar refractivity (Wildman–Crippen MR) is 77.4 cm³/mol. The lowest BCUT2D eigenvalue weighted by molar-refractivity contribution is -0.165. The highest BCUT2D eigenvalue weighted by Crippen LogP contribution is 2.71. The lowest BCUT2D eigenvalue weighted by Gasteiger charge is -2.33. The van der Waals surface area contributed by atoms with Crippen molar-refractivity contribution in [3.05, 3.63) is 0 Å². The van der Waals surface area contributed by atoms with Crippen LogP contribution in [-0.2, 0) is 9.59 Å². The second-order valence-corrected chi connectivity index (χ2v) is 7.22. The molecule has 1 aliphatic heterocycles. The molecule has 0 bridgehead atoms. The van der Waals surface area contributed by atoms with Gasteiger partial charge >= 0.3 is 6.18 Å². The molecule has 3 fully saturated rings. The van der Waals surface area contributed by atoms with Crippen LogP contribution in [0.1, 0.15) is 44.9 Å². The SMILES string of the molecule is N#C[C@@]1(C(=O)N[C@@H]2CCCN(CC(F)(F)F)C2=O)CC12CCCC2. The summed E-state index contributed by atoms with van der Waals surface area (Å²) in [4.78, 5) is 25.6. The van der Waals surface area contributed by atoms with Crippen LogP contribution in [-0.4, -0.2) is 42.0 Å². The second kappa shape index (κ2) is 5.64. The minimum Gasteiger partial charge on any atom is -0.343 e. The molecule has 132 valence electrons. The maximum atomic E-state index is 12.6. The highest BCUT2D eigenvalue weighted by Gasteiger charge is 2.73. The van der Waals surface area contributed by atoms with Gasteiger partial charge in [-0.05, 0) is 32.1 Å². The zero-order valence-corrected chi connectivity index (χ0v) is 13.3. The Morgan fingerprint density at radius 2 is 2.00 bits per heavy atom. The average molecular weight is 343 g/mol. The number of amides is 2. The van der Waals surface area contributed by atoms with Crippen LogP contribution in [0.2, 0.25) is 0 Å². The van der Waals surface area contributed by atoms with E-state index in [1.165, 1.54) is 0 Å². The topological polar surface area (TPSA) is 73.2 Å². The lowest BCUT2D eigenvalue weighted by atomic mass is 9.90. The molecular weight excluding hydrogens is 323 g/mol. The molecule has 2 amide bonds. The number of carbonyl (C=O) groups excluding carboxylic acids is 2. The molecule has 24 heavy (non-hydrogen) atoms. The van der Waals surface area contributed by atoms with Gasteiger partial charge in [0.05, 0.1) is 6.07 Å². The summed E-state index contributed by atoms with van der Waals surface area (Å²) in [6.45, 7) is -1.26. The molecule has 0 aromatic heterocycles. The van der Waals surface area contributed by atoms with E-state index in [2.05, 4.69) is 11.4 Å². The molecule has 0 aromatic rings. The van der Waals surface area contributed by atoms with E-state index in [-0.39, 0.29) is 12.0 Å². The van der Waals surface area contributed by atoms with Gasteiger partial charge in [0.1, 0.15) is 18.0 Å². The van der Waals surface area contributed by atoms with E-state index >= 15 is 0 Å². The van der Waals surface area contributed by atoms with Gasteiger partial charge in [-0.1, -0.05) is 12.8 Å². The first-order chi connectivity index (χ1) is 11.2. The number of nitriles is 1. The van der Waals surface area contributed by atoms with Crippen molar-refractivity contribution in [2.75, 3.05) is 13.1 Å². The molecule has 0 radical (unpaired) electrons. The molecule has 3 aliphatic rings. The minimum atomic E-state index is -4.46. The summed E-state index contributed by atoms with van der Waals surface area (Å²) >= 11 is 0. The third-order valence-corrected chi connectivity index (χ3v) is 5.73. The molecule has 1 N–H and O–H groups in total. The quantitative estimate of drug-likeness (QED) is 0.853. The molecule has 2 atom stereocenters. The Morgan fingerprint density at radius 3 is 2.58 bits per heavy atom. The molecule has 1 saturated heterocycles. The molecule has 3 rings (SSSR count). The van der Waals surface area contributed by atoms with Gasteiger partial charge in [0.15, 0.2) is 0 Å². The number of piperidine rings is 1. The summed E-state index contributed by atoms with van der Waals surface area (Å²) in [5.74, 6) is -1.19. The first kappa shape index (κ1) is 17.1. The van der Waals surface area contributed by atoms with Crippen LogP contribution in [0.4, 0.5) is 13.2 Å². The van der Waals surface area contributed by atoms with E-state index in [0.717, 1.165) is 30.6 Å². The second-order valence-electron chi connectivity index (χ2n) is 7.22. The maximum Gasteiger partial charge on any atom is 0.406 e. The highest BCUT2D eigenvalue weighted by molar-refractivity contribution is 5.94. The van der Waals surface area contributed by atoms with Crippen molar-refractivity contribution < 1.29 is 22.8 Å². The number of alkyl halides is 3. The summed E-state index contributed by atoms with van der Waals surface area (Å²) in [5.41, 5.74) is -1.38. The predicted octanol–water partition coefficient (Wildman–Crippen LogP) is 2.13. The molecule has 2 aliphatic carbocycles. The zero-order valence-electron chi connectivity index (χ0n) is 13.3. The number of hydrogen-bond acceptors (Lipinski definition) is 3. The van der Waals surface area contributed by atoms with Crippen molar-refractivity contribution in [3.8, 4) is 6.07 Å².